The van der Waals surface area contributed by atoms with E-state index in [1.165, 1.54) is 12.0 Å². The van der Waals surface area contributed by atoms with Crippen molar-refractivity contribution in [3.05, 3.63) is 110 Å². The van der Waals surface area contributed by atoms with Crippen molar-refractivity contribution >= 4 is 69.6 Å². The molecule has 8 rings (SSSR count). The monoisotopic (exact) mass is 918 g/mol. The summed E-state index contributed by atoms with van der Waals surface area (Å²) in [6, 6.07) is 14.7. The molecule has 19 heteroatoms. The number of ether oxygens (including phenoxy) is 2. The summed E-state index contributed by atoms with van der Waals surface area (Å²) >= 11 is 7.89. The molecule has 0 radical (unpaired) electrons. The maximum atomic E-state index is 13.4. The third-order valence-electron chi connectivity index (χ3n) is 11.6. The fourth-order valence-electron chi connectivity index (χ4n) is 8.17. The standard InChI is InChI=1S/C46H47ClN10O7S/c1-24-19-30(53-54-33-10-8-9-31-32(33)22-56(45(31)62)35-15-16-37(58)51-44(35)61)20-36(63-5)42(24)64-23-39(60)49-18-7-6-17-48-38(59)21-34-43-55-52-27(4)57(43)46-40(25(2)26(3)65-46)41(50-34)28-11-13-29(47)14-12-28/h8-14,19-20,34-35H,6-7,15-18,21-23H2,1-5H3,(H,48,59)(H,49,60)(H,51,58,61)/t34-,35?/m0/s1. The molecule has 3 aliphatic rings. The lowest BCUT2D eigenvalue weighted by molar-refractivity contribution is -0.137. The van der Waals surface area contributed by atoms with Gasteiger partial charge in [-0.15, -0.1) is 21.5 Å². The van der Waals surface area contributed by atoms with Crippen LogP contribution in [-0.4, -0.2) is 87.8 Å². The second-order valence-electron chi connectivity index (χ2n) is 16.0. The Morgan fingerprint density at radius 2 is 1.72 bits per heavy atom. The minimum Gasteiger partial charge on any atom is -0.493 e. The lowest BCUT2D eigenvalue weighted by Crippen LogP contribution is -2.52. The van der Waals surface area contributed by atoms with Gasteiger partial charge < -0.3 is 25.0 Å². The molecule has 17 nitrogen and oxygen atoms in total. The minimum absolute atomic E-state index is 0.0764. The van der Waals surface area contributed by atoms with Crippen molar-refractivity contribution < 1.29 is 33.4 Å². The maximum Gasteiger partial charge on any atom is 0.257 e. The van der Waals surface area contributed by atoms with Gasteiger partial charge in [-0.3, -0.25) is 38.8 Å². The highest BCUT2D eigenvalue weighted by molar-refractivity contribution is 7.15. The van der Waals surface area contributed by atoms with Crippen molar-refractivity contribution in [1.29, 1.82) is 0 Å². The van der Waals surface area contributed by atoms with Gasteiger partial charge >= 0.3 is 0 Å². The molecule has 336 valence electrons. The summed E-state index contributed by atoms with van der Waals surface area (Å²) in [4.78, 5) is 71.3. The number of aryl methyl sites for hydroxylation is 3. The van der Waals surface area contributed by atoms with E-state index in [1.807, 2.05) is 35.8 Å². The molecule has 1 fully saturated rings. The number of amides is 5. The van der Waals surface area contributed by atoms with Crippen LogP contribution in [0.3, 0.4) is 0 Å². The smallest absolute Gasteiger partial charge is 0.257 e. The van der Waals surface area contributed by atoms with Gasteiger partial charge in [-0.05, 0) is 88.4 Å². The Balaban J connectivity index is 0.815. The molecule has 0 bridgehead atoms. The first-order valence-corrected chi connectivity index (χ1v) is 22.4. The number of imide groups is 1. The van der Waals surface area contributed by atoms with Crippen molar-refractivity contribution in [1.82, 2.24) is 35.6 Å². The molecule has 3 N–H and O–H groups in total. The van der Waals surface area contributed by atoms with E-state index >= 15 is 0 Å². The van der Waals surface area contributed by atoms with Crippen LogP contribution in [0, 0.1) is 27.7 Å². The number of aromatic nitrogens is 3. The number of azo groups is 1. The zero-order valence-corrected chi connectivity index (χ0v) is 38.1. The Morgan fingerprint density at radius 3 is 2.46 bits per heavy atom. The van der Waals surface area contributed by atoms with Gasteiger partial charge in [0.15, 0.2) is 23.9 Å². The number of halogens is 1. The molecule has 0 saturated carbocycles. The van der Waals surface area contributed by atoms with E-state index in [-0.39, 0.29) is 56.0 Å². The number of hydrogen-bond acceptors (Lipinski definition) is 13. The molecular formula is C46H47ClN10O7S. The lowest BCUT2D eigenvalue weighted by Gasteiger charge is -2.29. The molecule has 3 aromatic carbocycles. The SMILES string of the molecule is COc1cc(N=Nc2cccc3c2CN(C2CCC(=O)NC2=O)C3=O)cc(C)c1OCC(=O)NCCCCNC(=O)C[C@@H]1N=C(c2ccc(Cl)cc2)c2c(sc(C)c2C)-n2c(C)nnc21. The average Bonchev–Trinajstić information content (AvgIpc) is 3.90. The predicted octanol–water partition coefficient (Wildman–Crippen LogP) is 6.77. The number of methoxy groups -OCH3 is 1. The van der Waals surface area contributed by atoms with Crippen LogP contribution in [0.5, 0.6) is 11.5 Å². The molecule has 65 heavy (non-hydrogen) atoms. The third kappa shape index (κ3) is 9.40. The first kappa shape index (κ1) is 44.8. The molecule has 5 heterocycles. The van der Waals surface area contributed by atoms with Gasteiger partial charge in [0.1, 0.15) is 22.9 Å². The van der Waals surface area contributed by atoms with E-state index < -0.39 is 18.0 Å². The van der Waals surface area contributed by atoms with E-state index in [2.05, 4.69) is 50.2 Å². The highest BCUT2D eigenvalue weighted by Crippen LogP contribution is 2.41. The number of rotatable bonds is 15. The molecular weight excluding hydrogens is 872 g/mol. The van der Waals surface area contributed by atoms with Gasteiger partial charge in [-0.25, -0.2) is 0 Å². The Bertz CT molecular complexity index is 2780. The average molecular weight is 919 g/mol. The molecule has 0 spiro atoms. The molecule has 1 saturated heterocycles. The second kappa shape index (κ2) is 19.1. The second-order valence-corrected chi connectivity index (χ2v) is 17.6. The summed E-state index contributed by atoms with van der Waals surface area (Å²) in [5.41, 5.74) is 6.45. The van der Waals surface area contributed by atoms with E-state index in [0.29, 0.717) is 76.3 Å². The van der Waals surface area contributed by atoms with Crippen LogP contribution in [0.2, 0.25) is 5.02 Å². The van der Waals surface area contributed by atoms with Crippen LogP contribution in [0.1, 0.15) is 92.8 Å². The van der Waals surface area contributed by atoms with Gasteiger partial charge in [0.2, 0.25) is 17.7 Å². The first-order chi connectivity index (χ1) is 31.3. The molecule has 2 aromatic heterocycles. The fourth-order valence-corrected chi connectivity index (χ4v) is 9.51. The van der Waals surface area contributed by atoms with Gasteiger partial charge in [0.05, 0.1) is 30.6 Å². The molecule has 2 atom stereocenters. The van der Waals surface area contributed by atoms with Crippen LogP contribution in [0.25, 0.3) is 5.00 Å². The summed E-state index contributed by atoms with van der Waals surface area (Å²) < 4.78 is 13.5. The highest BCUT2D eigenvalue weighted by atomic mass is 35.5. The summed E-state index contributed by atoms with van der Waals surface area (Å²) in [7, 11) is 1.48. The number of unbranched alkanes of at least 4 members (excludes halogenated alkanes) is 1. The quantitative estimate of drug-likeness (QED) is 0.0574. The largest absolute Gasteiger partial charge is 0.493 e. The number of thiophene rings is 1. The Hall–Kier alpha value is -6.79. The van der Waals surface area contributed by atoms with Gasteiger partial charge in [-0.1, -0.05) is 29.8 Å². The van der Waals surface area contributed by atoms with E-state index in [4.69, 9.17) is 26.1 Å². The number of aliphatic imine (C=N–C) groups is 1. The topological polar surface area (TPSA) is 211 Å². The van der Waals surface area contributed by atoms with Crippen LogP contribution >= 0.6 is 22.9 Å². The Labute approximate surface area is 383 Å². The van der Waals surface area contributed by atoms with Crippen molar-refractivity contribution in [2.75, 3.05) is 26.8 Å². The normalized spacial score (nSPS) is 16.7. The van der Waals surface area contributed by atoms with Gasteiger partial charge in [0.25, 0.3) is 11.8 Å². The van der Waals surface area contributed by atoms with E-state index in [1.54, 1.807) is 48.6 Å². The van der Waals surface area contributed by atoms with Gasteiger partial charge in [0, 0.05) is 64.3 Å². The van der Waals surface area contributed by atoms with Crippen LogP contribution in [-0.2, 0) is 25.7 Å². The molecule has 5 amide bonds. The number of carbonyl (C=O) groups excluding carboxylic acids is 5. The van der Waals surface area contributed by atoms with Crippen LogP contribution in [0.15, 0.2) is 69.8 Å². The van der Waals surface area contributed by atoms with Crippen molar-refractivity contribution in [3.8, 4) is 16.5 Å². The number of piperidine rings is 1. The maximum absolute atomic E-state index is 13.4. The number of nitrogens with zero attached hydrogens (tertiary/aromatic N) is 7. The minimum atomic E-state index is -0.741. The Kier molecular flexibility index (Phi) is 13.2. The summed E-state index contributed by atoms with van der Waals surface area (Å²) in [6.07, 6.45) is 1.75. The summed E-state index contributed by atoms with van der Waals surface area (Å²) in [5.74, 6) is 0.428. The van der Waals surface area contributed by atoms with Crippen molar-refractivity contribution in [2.45, 2.75) is 78.4 Å². The van der Waals surface area contributed by atoms with Crippen LogP contribution < -0.4 is 25.4 Å². The highest BCUT2D eigenvalue weighted by Gasteiger charge is 2.40. The number of nitrogens with one attached hydrogen (secondary N) is 3. The Morgan fingerprint density at radius 1 is 0.969 bits per heavy atom. The molecule has 0 aliphatic carbocycles. The van der Waals surface area contributed by atoms with E-state index in [0.717, 1.165) is 38.1 Å². The summed E-state index contributed by atoms with van der Waals surface area (Å²) in [6.45, 7) is 8.57. The van der Waals surface area contributed by atoms with Crippen LogP contribution in [0.4, 0.5) is 11.4 Å². The molecule has 5 aromatic rings. The fraction of sp³-hybridized carbons (Fsp3) is 0.348. The number of fused-ring (bicyclic) bond motifs is 4. The first-order valence-electron chi connectivity index (χ1n) is 21.2. The lowest BCUT2D eigenvalue weighted by atomic mass is 9.99. The van der Waals surface area contributed by atoms with E-state index in [9.17, 15) is 24.0 Å². The zero-order valence-electron chi connectivity index (χ0n) is 36.5. The third-order valence-corrected chi connectivity index (χ3v) is 13.1. The van der Waals surface area contributed by atoms with Gasteiger partial charge in [-0.2, -0.15) is 10.2 Å². The number of carbonyl (C=O) groups is 5. The number of benzene rings is 3. The molecule has 1 unspecified atom stereocenters. The van der Waals surface area contributed by atoms with Crippen molar-refractivity contribution in [3.63, 3.8) is 0 Å². The number of hydrogen-bond donors (Lipinski definition) is 3. The predicted molar refractivity (Wildman–Crippen MR) is 243 cm³/mol. The summed E-state index contributed by atoms with van der Waals surface area (Å²) in [5, 5.41) is 27.5. The van der Waals surface area contributed by atoms with Crippen molar-refractivity contribution in [2.24, 2.45) is 15.2 Å². The zero-order chi connectivity index (χ0) is 45.9. The molecule has 3 aliphatic heterocycles.